The molecular weight excluding hydrogens is 355 g/mol. The maximum atomic E-state index is 12.7. The summed E-state index contributed by atoms with van der Waals surface area (Å²) in [5.41, 5.74) is -0.529. The molecule has 138 valence electrons. The van der Waals surface area contributed by atoms with Crippen LogP contribution in [0.25, 0.3) is 0 Å². The van der Waals surface area contributed by atoms with Crippen LogP contribution in [0.2, 0.25) is 0 Å². The first-order valence-electron chi connectivity index (χ1n) is 8.32. The molecule has 1 fully saturated rings. The lowest BCUT2D eigenvalue weighted by Gasteiger charge is -2.31. The molecule has 0 saturated carbocycles. The van der Waals surface area contributed by atoms with Crippen molar-refractivity contribution in [1.29, 1.82) is 0 Å². The monoisotopic (exact) mass is 376 g/mol. The van der Waals surface area contributed by atoms with Gasteiger partial charge in [0.1, 0.15) is 6.23 Å². The van der Waals surface area contributed by atoms with Crippen LogP contribution < -0.4 is 10.2 Å². The van der Waals surface area contributed by atoms with E-state index in [1.165, 1.54) is 16.2 Å². The number of carbonyl (C=O) groups excluding carboxylic acids is 1. The summed E-state index contributed by atoms with van der Waals surface area (Å²) >= 11 is 1.47. The lowest BCUT2D eigenvalue weighted by molar-refractivity contribution is -0.148. The number of hydrogen-bond acceptors (Lipinski definition) is 7. The number of carbonyl (C=O) groups is 1. The Balaban J connectivity index is 1.71. The van der Waals surface area contributed by atoms with Crippen LogP contribution in [0.4, 0.5) is 5.69 Å². The molecule has 1 aromatic heterocycles. The second kappa shape index (κ2) is 7.87. The second-order valence-corrected chi connectivity index (χ2v) is 7.17. The molecule has 26 heavy (non-hydrogen) atoms. The molecule has 1 saturated heterocycles. The van der Waals surface area contributed by atoms with Crippen molar-refractivity contribution < 1.29 is 25.1 Å². The number of hydrogen-bond donors (Lipinski definition) is 5. The predicted molar refractivity (Wildman–Crippen MR) is 99.5 cm³/mol. The highest BCUT2D eigenvalue weighted by Crippen LogP contribution is 2.30. The van der Waals surface area contributed by atoms with Crippen molar-refractivity contribution in [3.8, 4) is 0 Å². The minimum Gasteiger partial charge on any atom is -0.426 e. The highest BCUT2D eigenvalue weighted by atomic mass is 32.1. The maximum Gasteiger partial charge on any atom is 0.470 e. The number of amides is 1. The average molecular weight is 376 g/mol. The van der Waals surface area contributed by atoms with Crippen molar-refractivity contribution in [2.45, 2.75) is 30.6 Å². The third-order valence-electron chi connectivity index (χ3n) is 4.62. The average Bonchev–Trinajstić information content (AvgIpc) is 3.24. The molecule has 9 heteroatoms. The SMILES string of the molecule is O=C1N(c2ccccc2)CCC1(O)C(O)NC(Cc1ccsc1)B(O)O. The van der Waals surface area contributed by atoms with E-state index in [2.05, 4.69) is 5.32 Å². The number of benzene rings is 1. The number of anilines is 1. The fourth-order valence-corrected chi connectivity index (χ4v) is 3.77. The molecule has 0 radical (unpaired) electrons. The predicted octanol–water partition coefficient (Wildman–Crippen LogP) is -0.253. The van der Waals surface area contributed by atoms with E-state index in [1.807, 2.05) is 22.9 Å². The summed E-state index contributed by atoms with van der Waals surface area (Å²) in [5, 5.41) is 46.7. The van der Waals surface area contributed by atoms with Gasteiger partial charge in [-0.25, -0.2) is 0 Å². The van der Waals surface area contributed by atoms with Crippen LogP contribution in [-0.2, 0) is 11.2 Å². The molecule has 5 N–H and O–H groups in total. The molecule has 0 bridgehead atoms. The molecule has 3 unspecified atom stereocenters. The molecule has 1 aliphatic rings. The topological polar surface area (TPSA) is 113 Å². The van der Waals surface area contributed by atoms with Crippen molar-refractivity contribution in [2.75, 3.05) is 11.4 Å². The van der Waals surface area contributed by atoms with Gasteiger partial charge < -0.3 is 25.2 Å². The van der Waals surface area contributed by atoms with Crippen LogP contribution in [0.15, 0.2) is 47.2 Å². The quantitative estimate of drug-likeness (QED) is 0.336. The highest BCUT2D eigenvalue weighted by Gasteiger charge is 2.52. The molecule has 3 rings (SSSR count). The van der Waals surface area contributed by atoms with Crippen molar-refractivity contribution in [1.82, 2.24) is 5.32 Å². The van der Waals surface area contributed by atoms with E-state index >= 15 is 0 Å². The van der Waals surface area contributed by atoms with Gasteiger partial charge in [-0.1, -0.05) is 18.2 Å². The largest absolute Gasteiger partial charge is 0.470 e. The van der Waals surface area contributed by atoms with Gasteiger partial charge >= 0.3 is 7.12 Å². The number of thiophene rings is 1. The van der Waals surface area contributed by atoms with Crippen LogP contribution in [0.5, 0.6) is 0 Å². The number of aliphatic hydroxyl groups is 2. The minimum absolute atomic E-state index is 0.0294. The van der Waals surface area contributed by atoms with Gasteiger partial charge in [0.05, 0.1) is 0 Å². The van der Waals surface area contributed by atoms with Gasteiger partial charge in [-0.2, -0.15) is 11.3 Å². The number of rotatable bonds is 7. The molecule has 7 nitrogen and oxygen atoms in total. The van der Waals surface area contributed by atoms with E-state index in [-0.39, 0.29) is 19.4 Å². The zero-order chi connectivity index (χ0) is 18.7. The Morgan fingerprint density at radius 2 is 2.00 bits per heavy atom. The van der Waals surface area contributed by atoms with Gasteiger partial charge in [-0.05, 0) is 40.9 Å². The van der Waals surface area contributed by atoms with Gasteiger partial charge in [0.15, 0.2) is 5.60 Å². The normalized spacial score (nSPS) is 22.5. The number of para-hydroxylation sites is 1. The molecule has 0 aliphatic carbocycles. The summed E-state index contributed by atoms with van der Waals surface area (Å²) in [4.78, 5) is 14.1. The molecule has 1 aliphatic heterocycles. The van der Waals surface area contributed by atoms with Gasteiger partial charge in [0.2, 0.25) is 0 Å². The standard InChI is InChI=1S/C17H21BN2O5S/c21-15(19-14(18(24)25)10-12-6-9-26-11-12)17(23)7-8-20(16(17)22)13-4-2-1-3-5-13/h1-6,9,11,14-15,19,21,23-25H,7-8,10H2. The van der Waals surface area contributed by atoms with Crippen molar-refractivity contribution >= 4 is 30.0 Å². The van der Waals surface area contributed by atoms with E-state index < -0.39 is 30.8 Å². The number of nitrogens with one attached hydrogen (secondary N) is 1. The third-order valence-corrected chi connectivity index (χ3v) is 5.35. The molecule has 2 aromatic rings. The maximum absolute atomic E-state index is 12.7. The first-order valence-corrected chi connectivity index (χ1v) is 9.27. The minimum atomic E-state index is -2.03. The first-order chi connectivity index (χ1) is 12.4. The van der Waals surface area contributed by atoms with Crippen LogP contribution in [0, 0.1) is 0 Å². The third kappa shape index (κ3) is 3.83. The Morgan fingerprint density at radius 3 is 2.62 bits per heavy atom. The Kier molecular flexibility index (Phi) is 5.76. The molecule has 3 atom stereocenters. The van der Waals surface area contributed by atoms with Gasteiger partial charge in [0.25, 0.3) is 5.91 Å². The fraction of sp³-hybridized carbons (Fsp3) is 0.353. The van der Waals surface area contributed by atoms with Crippen LogP contribution >= 0.6 is 11.3 Å². The van der Waals surface area contributed by atoms with E-state index in [0.29, 0.717) is 5.69 Å². The summed E-state index contributed by atoms with van der Waals surface area (Å²) in [5.74, 6) is -1.55. The van der Waals surface area contributed by atoms with E-state index in [4.69, 9.17) is 0 Å². The fourth-order valence-electron chi connectivity index (χ4n) is 3.09. The second-order valence-electron chi connectivity index (χ2n) is 6.39. The molecule has 1 aromatic carbocycles. The molecule has 0 spiro atoms. The van der Waals surface area contributed by atoms with Gasteiger partial charge in [-0.3, -0.25) is 10.1 Å². The Bertz CT molecular complexity index is 730. The zero-order valence-corrected chi connectivity index (χ0v) is 14.8. The summed E-state index contributed by atoms with van der Waals surface area (Å²) in [6, 6.07) is 10.7. The smallest absolute Gasteiger partial charge is 0.426 e. The van der Waals surface area contributed by atoms with E-state index in [0.717, 1.165) is 5.56 Å². The Labute approximate surface area is 155 Å². The van der Waals surface area contributed by atoms with Crippen LogP contribution in [0.1, 0.15) is 12.0 Å². The molecular formula is C17H21BN2O5S. The lowest BCUT2D eigenvalue weighted by atomic mass is 9.75. The summed E-state index contributed by atoms with van der Waals surface area (Å²) in [7, 11) is -1.75. The van der Waals surface area contributed by atoms with Gasteiger partial charge in [-0.15, -0.1) is 0 Å². The van der Waals surface area contributed by atoms with E-state index in [9.17, 15) is 25.1 Å². The van der Waals surface area contributed by atoms with Crippen molar-refractivity contribution in [3.05, 3.63) is 52.7 Å². The van der Waals surface area contributed by atoms with Crippen LogP contribution in [0.3, 0.4) is 0 Å². The number of nitrogens with zero attached hydrogens (tertiary/aromatic N) is 1. The zero-order valence-electron chi connectivity index (χ0n) is 14.0. The highest BCUT2D eigenvalue weighted by molar-refractivity contribution is 7.07. The first kappa shape index (κ1) is 19.0. The van der Waals surface area contributed by atoms with Crippen LogP contribution in [-0.4, -0.2) is 57.6 Å². The van der Waals surface area contributed by atoms with Crippen molar-refractivity contribution in [2.24, 2.45) is 0 Å². The van der Waals surface area contributed by atoms with E-state index in [1.54, 1.807) is 24.3 Å². The number of aliphatic hydroxyl groups excluding tert-OH is 1. The lowest BCUT2D eigenvalue weighted by Crippen LogP contribution is -2.61. The summed E-state index contributed by atoms with van der Waals surface area (Å²) in [6.45, 7) is 0.259. The Morgan fingerprint density at radius 1 is 1.27 bits per heavy atom. The molecule has 2 heterocycles. The summed E-state index contributed by atoms with van der Waals surface area (Å²) in [6.07, 6.45) is -1.36. The van der Waals surface area contributed by atoms with Gasteiger partial charge in [0, 0.05) is 24.6 Å². The van der Waals surface area contributed by atoms with Crippen molar-refractivity contribution in [3.63, 3.8) is 0 Å². The molecule has 1 amide bonds. The summed E-state index contributed by atoms with van der Waals surface area (Å²) < 4.78 is 0. The Hall–Kier alpha value is -1.75.